The first kappa shape index (κ1) is 14.1. The maximum Gasteiger partial charge on any atom is 0.191 e. The molecule has 2 aromatic rings. The molecule has 0 heterocycles. The zero-order valence-electron chi connectivity index (χ0n) is 10.9. The summed E-state index contributed by atoms with van der Waals surface area (Å²) in [5.74, 6) is -0.268. The van der Waals surface area contributed by atoms with Gasteiger partial charge in [0.1, 0.15) is 5.82 Å². The molecular weight excluding hydrogens is 273 g/mol. The van der Waals surface area contributed by atoms with E-state index in [1.165, 1.54) is 12.1 Å². The van der Waals surface area contributed by atoms with Crippen molar-refractivity contribution in [3.63, 3.8) is 0 Å². The highest BCUT2D eigenvalue weighted by atomic mass is 32.1. The Bertz CT molecular complexity index is 609. The van der Waals surface area contributed by atoms with Crippen LogP contribution in [-0.4, -0.2) is 10.8 Å². The fourth-order valence-corrected chi connectivity index (χ4v) is 1.73. The van der Waals surface area contributed by atoms with Crippen LogP contribution in [0.1, 0.15) is 12.5 Å². The highest BCUT2D eigenvalue weighted by molar-refractivity contribution is 7.80. The van der Waals surface area contributed by atoms with E-state index < -0.39 is 0 Å². The largest absolute Gasteiger partial charge is 0.331 e. The Balaban J connectivity index is 1.95. The molecular formula is C15H14FN3S. The van der Waals surface area contributed by atoms with Crippen LogP contribution in [0.5, 0.6) is 0 Å². The van der Waals surface area contributed by atoms with Crippen molar-refractivity contribution in [1.82, 2.24) is 5.43 Å². The van der Waals surface area contributed by atoms with E-state index in [-0.39, 0.29) is 5.82 Å². The lowest BCUT2D eigenvalue weighted by atomic mass is 10.1. The van der Waals surface area contributed by atoms with Gasteiger partial charge in [-0.1, -0.05) is 30.3 Å². The molecule has 2 rings (SSSR count). The number of rotatable bonds is 3. The van der Waals surface area contributed by atoms with Gasteiger partial charge in [0.05, 0.1) is 5.71 Å². The van der Waals surface area contributed by atoms with Crippen LogP contribution in [0.2, 0.25) is 0 Å². The molecule has 0 aliphatic heterocycles. The molecule has 0 fully saturated rings. The van der Waals surface area contributed by atoms with E-state index in [4.69, 9.17) is 12.2 Å². The van der Waals surface area contributed by atoms with E-state index in [2.05, 4.69) is 15.8 Å². The first-order chi connectivity index (χ1) is 9.65. The molecule has 0 aromatic heterocycles. The average Bonchev–Trinajstić information content (AvgIpc) is 2.46. The number of anilines is 1. The van der Waals surface area contributed by atoms with Gasteiger partial charge in [0, 0.05) is 5.69 Å². The number of nitrogens with zero attached hydrogens (tertiary/aromatic N) is 1. The Morgan fingerprint density at radius 1 is 1.05 bits per heavy atom. The number of halogens is 1. The van der Waals surface area contributed by atoms with Crippen molar-refractivity contribution in [1.29, 1.82) is 0 Å². The molecule has 0 aliphatic carbocycles. The summed E-state index contributed by atoms with van der Waals surface area (Å²) < 4.78 is 12.8. The molecule has 0 saturated carbocycles. The minimum absolute atomic E-state index is 0.268. The Labute approximate surface area is 122 Å². The summed E-state index contributed by atoms with van der Waals surface area (Å²) in [5.41, 5.74) is 5.21. The fraction of sp³-hybridized carbons (Fsp3) is 0.0667. The highest BCUT2D eigenvalue weighted by Crippen LogP contribution is 2.05. The minimum Gasteiger partial charge on any atom is -0.331 e. The van der Waals surface area contributed by atoms with Crippen LogP contribution in [0.3, 0.4) is 0 Å². The van der Waals surface area contributed by atoms with Gasteiger partial charge >= 0.3 is 0 Å². The van der Waals surface area contributed by atoms with E-state index in [0.29, 0.717) is 5.11 Å². The topological polar surface area (TPSA) is 36.4 Å². The van der Waals surface area contributed by atoms with E-state index in [0.717, 1.165) is 17.0 Å². The first-order valence-electron chi connectivity index (χ1n) is 6.07. The number of hydrogen-bond donors (Lipinski definition) is 2. The van der Waals surface area contributed by atoms with Crippen LogP contribution in [0, 0.1) is 5.82 Å². The van der Waals surface area contributed by atoms with Crippen LogP contribution < -0.4 is 10.7 Å². The number of nitrogens with one attached hydrogen (secondary N) is 2. The lowest BCUT2D eigenvalue weighted by molar-refractivity contribution is 0.628. The summed E-state index contributed by atoms with van der Waals surface area (Å²) in [6.45, 7) is 1.82. The molecule has 2 N–H and O–H groups in total. The average molecular weight is 287 g/mol. The molecule has 0 radical (unpaired) electrons. The summed E-state index contributed by atoms with van der Waals surface area (Å²) in [4.78, 5) is 0. The van der Waals surface area contributed by atoms with Crippen LogP contribution in [0.15, 0.2) is 59.7 Å². The Kier molecular flexibility index (Phi) is 4.79. The summed E-state index contributed by atoms with van der Waals surface area (Å²) in [7, 11) is 0. The fourth-order valence-electron chi connectivity index (χ4n) is 1.57. The van der Waals surface area contributed by atoms with Crippen molar-refractivity contribution in [2.45, 2.75) is 6.92 Å². The molecule has 2 aromatic carbocycles. The molecule has 0 bridgehead atoms. The minimum atomic E-state index is -0.268. The molecule has 0 amide bonds. The van der Waals surface area contributed by atoms with Gasteiger partial charge in [-0.25, -0.2) is 4.39 Å². The maximum atomic E-state index is 12.8. The van der Waals surface area contributed by atoms with Gasteiger partial charge in [-0.05, 0) is 49.0 Å². The van der Waals surface area contributed by atoms with Crippen LogP contribution in [-0.2, 0) is 0 Å². The molecule has 0 unspecified atom stereocenters. The monoisotopic (exact) mass is 287 g/mol. The van der Waals surface area contributed by atoms with E-state index >= 15 is 0 Å². The van der Waals surface area contributed by atoms with E-state index in [1.54, 1.807) is 12.1 Å². The molecule has 0 spiro atoms. The van der Waals surface area contributed by atoms with Crippen molar-refractivity contribution in [3.8, 4) is 0 Å². The van der Waals surface area contributed by atoms with Gasteiger partial charge in [-0.3, -0.25) is 5.43 Å². The van der Waals surface area contributed by atoms with E-state index in [1.807, 2.05) is 37.3 Å². The van der Waals surface area contributed by atoms with Gasteiger partial charge in [-0.15, -0.1) is 0 Å². The zero-order chi connectivity index (χ0) is 14.4. The lowest BCUT2D eigenvalue weighted by Crippen LogP contribution is -2.24. The summed E-state index contributed by atoms with van der Waals surface area (Å²) in [6, 6.07) is 15.7. The molecule has 3 nitrogen and oxygen atoms in total. The first-order valence-corrected chi connectivity index (χ1v) is 6.48. The van der Waals surface area contributed by atoms with Crippen molar-refractivity contribution in [2.24, 2.45) is 5.10 Å². The molecule has 20 heavy (non-hydrogen) atoms. The second-order valence-corrected chi connectivity index (χ2v) is 4.54. The van der Waals surface area contributed by atoms with E-state index in [9.17, 15) is 4.39 Å². The second kappa shape index (κ2) is 6.77. The zero-order valence-corrected chi connectivity index (χ0v) is 11.7. The quantitative estimate of drug-likeness (QED) is 0.515. The van der Waals surface area contributed by atoms with Crippen LogP contribution in [0.4, 0.5) is 10.1 Å². The van der Waals surface area contributed by atoms with Gasteiger partial charge in [0.2, 0.25) is 0 Å². The van der Waals surface area contributed by atoms with Crippen LogP contribution in [0.25, 0.3) is 0 Å². The normalized spacial score (nSPS) is 11.0. The SMILES string of the molecule is C/C(=N/NC(=S)Nc1ccccc1)c1ccc(F)cc1. The van der Waals surface area contributed by atoms with Crippen molar-refractivity contribution >= 4 is 28.7 Å². The predicted molar refractivity (Wildman–Crippen MR) is 84.4 cm³/mol. The molecule has 0 atom stereocenters. The number of para-hydroxylation sites is 1. The molecule has 5 heteroatoms. The van der Waals surface area contributed by atoms with Crippen LogP contribution >= 0.6 is 12.2 Å². The summed E-state index contributed by atoms with van der Waals surface area (Å²) >= 11 is 5.14. The highest BCUT2D eigenvalue weighted by Gasteiger charge is 1.99. The molecule has 0 aliphatic rings. The third-order valence-electron chi connectivity index (χ3n) is 2.62. The third kappa shape index (κ3) is 4.13. The van der Waals surface area contributed by atoms with Gasteiger partial charge < -0.3 is 5.32 Å². The second-order valence-electron chi connectivity index (χ2n) is 4.14. The molecule has 102 valence electrons. The number of hydrogen-bond acceptors (Lipinski definition) is 2. The summed E-state index contributed by atoms with van der Waals surface area (Å²) in [5, 5.41) is 7.57. The number of thiocarbonyl (C=S) groups is 1. The van der Waals surface area contributed by atoms with Gasteiger partial charge in [0.25, 0.3) is 0 Å². The predicted octanol–water partition coefficient (Wildman–Crippen LogP) is 3.54. The number of hydrazone groups is 1. The molecule has 0 saturated heterocycles. The van der Waals surface area contributed by atoms with Gasteiger partial charge in [-0.2, -0.15) is 5.10 Å². The lowest BCUT2D eigenvalue weighted by Gasteiger charge is -2.07. The smallest absolute Gasteiger partial charge is 0.191 e. The standard InChI is InChI=1S/C15H14FN3S/c1-11(12-7-9-13(16)10-8-12)18-19-15(20)17-14-5-3-2-4-6-14/h2-10H,1H3,(H2,17,19,20)/b18-11-. The van der Waals surface area contributed by atoms with Crippen molar-refractivity contribution in [3.05, 3.63) is 66.0 Å². The van der Waals surface area contributed by atoms with Crippen molar-refractivity contribution in [2.75, 3.05) is 5.32 Å². The van der Waals surface area contributed by atoms with Gasteiger partial charge in [0.15, 0.2) is 5.11 Å². The Hall–Kier alpha value is -2.27. The summed E-state index contributed by atoms with van der Waals surface area (Å²) in [6.07, 6.45) is 0. The Morgan fingerprint density at radius 2 is 1.70 bits per heavy atom. The Morgan fingerprint density at radius 3 is 2.35 bits per heavy atom. The van der Waals surface area contributed by atoms with Crippen molar-refractivity contribution < 1.29 is 4.39 Å². The maximum absolute atomic E-state index is 12.8. The number of benzene rings is 2. The third-order valence-corrected chi connectivity index (χ3v) is 2.81.